The number of amidine groups is 1. The molecular formula is C17H14Cl2F2N2O4. The summed E-state index contributed by atoms with van der Waals surface area (Å²) in [6.45, 7) is -1.20. The molecule has 0 saturated heterocycles. The zero-order valence-electron chi connectivity index (χ0n) is 13.9. The number of nitrogens with two attached hydrogens (primary N) is 1. The van der Waals surface area contributed by atoms with Gasteiger partial charge in [0.05, 0.1) is 17.2 Å². The second-order valence-electron chi connectivity index (χ2n) is 4.95. The molecule has 2 rings (SSSR count). The van der Waals surface area contributed by atoms with Gasteiger partial charge in [-0.2, -0.15) is 8.78 Å². The number of halogens is 4. The Kier molecular flexibility index (Phi) is 7.20. The highest BCUT2D eigenvalue weighted by Gasteiger charge is 2.16. The third-order valence-electron chi connectivity index (χ3n) is 3.13. The van der Waals surface area contributed by atoms with Gasteiger partial charge < -0.3 is 20.0 Å². The van der Waals surface area contributed by atoms with Gasteiger partial charge >= 0.3 is 12.6 Å². The van der Waals surface area contributed by atoms with E-state index in [1.165, 1.54) is 24.3 Å². The predicted octanol–water partition coefficient (Wildman–Crippen LogP) is 4.47. The largest absolute Gasteiger partial charge is 0.490 e. The normalized spacial score (nSPS) is 11.4. The number of hydrogen-bond acceptors (Lipinski definition) is 5. The zero-order chi connectivity index (χ0) is 20.0. The van der Waals surface area contributed by atoms with E-state index in [-0.39, 0.29) is 34.5 Å². The molecule has 0 atom stereocenters. The number of nitrogens with zero attached hydrogens (tertiary/aromatic N) is 1. The predicted molar refractivity (Wildman–Crippen MR) is 96.8 cm³/mol. The van der Waals surface area contributed by atoms with E-state index >= 15 is 0 Å². The van der Waals surface area contributed by atoms with E-state index in [0.29, 0.717) is 10.6 Å². The molecule has 0 aliphatic heterocycles. The van der Waals surface area contributed by atoms with E-state index < -0.39 is 12.6 Å². The Balaban J connectivity index is 2.18. The molecular weight excluding hydrogens is 405 g/mol. The Labute approximate surface area is 163 Å². The van der Waals surface area contributed by atoms with E-state index in [1.54, 1.807) is 13.0 Å². The van der Waals surface area contributed by atoms with Gasteiger partial charge in [0, 0.05) is 10.6 Å². The van der Waals surface area contributed by atoms with Crippen molar-refractivity contribution in [1.29, 1.82) is 0 Å². The lowest BCUT2D eigenvalue weighted by molar-refractivity contribution is -0.0514. The van der Waals surface area contributed by atoms with E-state index in [2.05, 4.69) is 9.89 Å². The highest BCUT2D eigenvalue weighted by atomic mass is 35.5. The van der Waals surface area contributed by atoms with Gasteiger partial charge in [-0.15, -0.1) is 0 Å². The SMILES string of the molecule is CCOc1cc(C(=O)O/N=C(\N)c2ccc(Cl)cc2Cl)ccc1OC(F)F. The first-order valence-electron chi connectivity index (χ1n) is 7.53. The number of alkyl halides is 2. The summed E-state index contributed by atoms with van der Waals surface area (Å²) >= 11 is 11.8. The lowest BCUT2D eigenvalue weighted by Gasteiger charge is -2.12. The first kappa shape index (κ1) is 20.7. The second-order valence-corrected chi connectivity index (χ2v) is 5.80. The van der Waals surface area contributed by atoms with E-state index in [4.69, 9.17) is 38.5 Å². The fraction of sp³-hybridized carbons (Fsp3) is 0.176. The molecule has 0 aliphatic carbocycles. The van der Waals surface area contributed by atoms with E-state index in [1.807, 2.05) is 0 Å². The summed E-state index contributed by atoms with van der Waals surface area (Å²) in [5.74, 6) is -1.27. The minimum absolute atomic E-state index is 0.00109. The third-order valence-corrected chi connectivity index (χ3v) is 3.68. The Morgan fingerprint density at radius 3 is 2.56 bits per heavy atom. The summed E-state index contributed by atoms with van der Waals surface area (Å²) in [4.78, 5) is 16.9. The molecule has 0 fully saturated rings. The van der Waals surface area contributed by atoms with Crippen molar-refractivity contribution in [3.05, 3.63) is 57.6 Å². The van der Waals surface area contributed by atoms with Crippen molar-refractivity contribution < 1.29 is 27.9 Å². The minimum Gasteiger partial charge on any atom is -0.490 e. The summed E-state index contributed by atoms with van der Waals surface area (Å²) < 4.78 is 34.3. The zero-order valence-corrected chi connectivity index (χ0v) is 15.4. The number of hydrogen-bond donors (Lipinski definition) is 1. The van der Waals surface area contributed by atoms with Crippen molar-refractivity contribution in [2.75, 3.05) is 6.61 Å². The highest BCUT2D eigenvalue weighted by Crippen LogP contribution is 2.30. The lowest BCUT2D eigenvalue weighted by atomic mass is 10.2. The number of rotatable bonds is 7. The van der Waals surface area contributed by atoms with Crippen LogP contribution in [0, 0.1) is 0 Å². The molecule has 27 heavy (non-hydrogen) atoms. The van der Waals surface area contributed by atoms with Crippen LogP contribution in [0.25, 0.3) is 0 Å². The summed E-state index contributed by atoms with van der Waals surface area (Å²) in [7, 11) is 0. The van der Waals surface area contributed by atoms with Gasteiger partial charge in [-0.3, -0.25) is 0 Å². The van der Waals surface area contributed by atoms with Gasteiger partial charge in [0.25, 0.3) is 0 Å². The summed E-state index contributed by atoms with van der Waals surface area (Å²) in [5.41, 5.74) is 6.07. The first-order chi connectivity index (χ1) is 12.8. The molecule has 2 N–H and O–H groups in total. The van der Waals surface area contributed by atoms with Crippen molar-refractivity contribution in [3.63, 3.8) is 0 Å². The summed E-state index contributed by atoms with van der Waals surface area (Å²) in [6.07, 6.45) is 0. The number of carbonyl (C=O) groups excluding carboxylic acids is 1. The summed E-state index contributed by atoms with van der Waals surface area (Å²) in [5, 5.41) is 4.17. The standard InChI is InChI=1S/C17H14Cl2F2N2O4/c1-2-25-14-7-9(3-6-13(14)26-17(20)21)16(24)27-23-15(22)11-5-4-10(18)8-12(11)19/h3-8,17H,2H2,1H3,(H2,22,23). The Morgan fingerprint density at radius 2 is 1.93 bits per heavy atom. The van der Waals surface area contributed by atoms with Gasteiger partial charge in [0.2, 0.25) is 0 Å². The van der Waals surface area contributed by atoms with E-state index in [9.17, 15) is 13.6 Å². The second kappa shape index (κ2) is 9.38. The topological polar surface area (TPSA) is 83.1 Å². The van der Waals surface area contributed by atoms with Gasteiger partial charge in [0.15, 0.2) is 17.3 Å². The minimum atomic E-state index is -3.03. The van der Waals surface area contributed by atoms with Crippen LogP contribution in [0.3, 0.4) is 0 Å². The fourth-order valence-electron chi connectivity index (χ4n) is 1.99. The van der Waals surface area contributed by atoms with Crippen molar-refractivity contribution in [1.82, 2.24) is 0 Å². The van der Waals surface area contributed by atoms with Crippen LogP contribution < -0.4 is 15.2 Å². The van der Waals surface area contributed by atoms with Crippen LogP contribution >= 0.6 is 23.2 Å². The molecule has 0 aliphatic rings. The third kappa shape index (κ3) is 5.70. The maximum absolute atomic E-state index is 12.4. The van der Waals surface area contributed by atoms with Crippen molar-refractivity contribution in [2.45, 2.75) is 13.5 Å². The van der Waals surface area contributed by atoms with Crippen LogP contribution in [-0.4, -0.2) is 25.0 Å². The lowest BCUT2D eigenvalue weighted by Crippen LogP contribution is -2.16. The average Bonchev–Trinajstić information content (AvgIpc) is 2.60. The molecule has 10 heteroatoms. The molecule has 0 unspecified atom stereocenters. The molecule has 2 aromatic carbocycles. The van der Waals surface area contributed by atoms with Crippen LogP contribution in [0.15, 0.2) is 41.6 Å². The molecule has 0 heterocycles. The van der Waals surface area contributed by atoms with Gasteiger partial charge in [-0.1, -0.05) is 28.4 Å². The molecule has 6 nitrogen and oxygen atoms in total. The molecule has 0 spiro atoms. The average molecular weight is 419 g/mol. The maximum atomic E-state index is 12.4. The molecule has 0 radical (unpaired) electrons. The maximum Gasteiger partial charge on any atom is 0.387 e. The Bertz CT molecular complexity index is 863. The smallest absolute Gasteiger partial charge is 0.387 e. The van der Waals surface area contributed by atoms with Crippen LogP contribution in [0.1, 0.15) is 22.8 Å². The molecule has 144 valence electrons. The fourth-order valence-corrected chi connectivity index (χ4v) is 2.49. The number of carbonyl (C=O) groups is 1. The van der Waals surface area contributed by atoms with Gasteiger partial charge in [-0.05, 0) is 43.3 Å². The van der Waals surface area contributed by atoms with Crippen LogP contribution in [0.2, 0.25) is 10.0 Å². The first-order valence-corrected chi connectivity index (χ1v) is 8.29. The molecule has 0 aromatic heterocycles. The van der Waals surface area contributed by atoms with Crippen LogP contribution in [-0.2, 0) is 4.84 Å². The number of ether oxygens (including phenoxy) is 2. The molecule has 0 saturated carbocycles. The summed E-state index contributed by atoms with van der Waals surface area (Å²) in [6, 6.07) is 8.10. The van der Waals surface area contributed by atoms with Gasteiger partial charge in [-0.25, -0.2) is 4.79 Å². The number of benzene rings is 2. The van der Waals surface area contributed by atoms with Crippen LogP contribution in [0.5, 0.6) is 11.5 Å². The Hall–Kier alpha value is -2.58. The molecule has 0 amide bonds. The highest BCUT2D eigenvalue weighted by molar-refractivity contribution is 6.36. The monoisotopic (exact) mass is 418 g/mol. The van der Waals surface area contributed by atoms with Crippen LogP contribution in [0.4, 0.5) is 8.78 Å². The molecule has 0 bridgehead atoms. The van der Waals surface area contributed by atoms with Gasteiger partial charge in [0.1, 0.15) is 0 Å². The van der Waals surface area contributed by atoms with Crippen molar-refractivity contribution in [3.8, 4) is 11.5 Å². The number of oxime groups is 1. The van der Waals surface area contributed by atoms with Crippen molar-refractivity contribution >= 4 is 35.0 Å². The quantitative estimate of drug-likeness (QED) is 0.310. The van der Waals surface area contributed by atoms with E-state index in [0.717, 1.165) is 6.07 Å². The van der Waals surface area contributed by atoms with Crippen molar-refractivity contribution in [2.24, 2.45) is 10.9 Å². The molecule has 2 aromatic rings. The Morgan fingerprint density at radius 1 is 1.19 bits per heavy atom.